The zero-order valence-corrected chi connectivity index (χ0v) is 24.0. The molecule has 0 bridgehead atoms. The molecule has 2 amide bonds. The van der Waals surface area contributed by atoms with Crippen molar-refractivity contribution < 1.29 is 13.9 Å². The van der Waals surface area contributed by atoms with Crippen molar-refractivity contribution in [3.8, 4) is 16.9 Å². The number of rotatable bonds is 11. The van der Waals surface area contributed by atoms with E-state index in [-0.39, 0.29) is 11.8 Å². The Morgan fingerprint density at radius 1 is 0.833 bits per heavy atom. The number of carbonyl (C=O) groups excluding carboxylic acids is 1. The second-order valence-corrected chi connectivity index (χ2v) is 10.3. The van der Waals surface area contributed by atoms with Gasteiger partial charge in [-0.1, -0.05) is 66.7 Å². The highest BCUT2D eigenvalue weighted by Gasteiger charge is 2.19. The number of nitrogens with one attached hydrogen (secondary N) is 2. The van der Waals surface area contributed by atoms with Crippen LogP contribution in [0.25, 0.3) is 11.1 Å². The highest BCUT2D eigenvalue weighted by Crippen LogP contribution is 2.28. The van der Waals surface area contributed by atoms with E-state index in [1.165, 1.54) is 12.1 Å². The third kappa shape index (κ3) is 7.79. The number of carbonyl (C=O) groups is 1. The van der Waals surface area contributed by atoms with E-state index in [4.69, 9.17) is 4.74 Å². The van der Waals surface area contributed by atoms with Crippen molar-refractivity contribution in [3.05, 3.63) is 115 Å². The van der Waals surface area contributed by atoms with Crippen molar-refractivity contribution in [1.82, 2.24) is 15.6 Å². The Bertz CT molecular complexity index is 1410. The van der Waals surface area contributed by atoms with Crippen molar-refractivity contribution in [2.45, 2.75) is 13.0 Å². The van der Waals surface area contributed by atoms with Crippen LogP contribution in [0, 0.1) is 5.82 Å². The van der Waals surface area contributed by atoms with E-state index in [1.54, 1.807) is 24.3 Å². The van der Waals surface area contributed by atoms with Crippen LogP contribution in [0.15, 0.2) is 103 Å². The summed E-state index contributed by atoms with van der Waals surface area (Å²) >= 11 is 0. The number of para-hydroxylation sites is 2. The molecule has 1 aliphatic heterocycles. The van der Waals surface area contributed by atoms with Gasteiger partial charge in [0.25, 0.3) is 0 Å². The Hall–Kier alpha value is -4.56. The third-order valence-corrected chi connectivity index (χ3v) is 7.51. The van der Waals surface area contributed by atoms with Gasteiger partial charge in [-0.05, 0) is 66.1 Å². The fourth-order valence-corrected chi connectivity index (χ4v) is 5.20. The number of methoxy groups -OCH3 is 1. The molecule has 2 N–H and O–H groups in total. The van der Waals surface area contributed by atoms with E-state index in [9.17, 15) is 9.18 Å². The molecule has 0 atom stereocenters. The molecular weight excluding hydrogens is 529 g/mol. The zero-order valence-electron chi connectivity index (χ0n) is 24.0. The van der Waals surface area contributed by atoms with Crippen LogP contribution in [0.1, 0.15) is 12.0 Å². The van der Waals surface area contributed by atoms with Gasteiger partial charge in [0, 0.05) is 32.7 Å². The monoisotopic (exact) mass is 567 g/mol. The number of hydrogen-bond donors (Lipinski definition) is 2. The van der Waals surface area contributed by atoms with Crippen LogP contribution in [-0.4, -0.2) is 57.3 Å². The molecule has 42 heavy (non-hydrogen) atoms. The molecule has 0 saturated carbocycles. The summed E-state index contributed by atoms with van der Waals surface area (Å²) in [4.78, 5) is 17.7. The Labute approximate surface area is 247 Å². The lowest BCUT2D eigenvalue weighted by atomic mass is 10.0. The number of anilines is 2. The fraction of sp³-hybridized carbons (Fsp3) is 0.265. The summed E-state index contributed by atoms with van der Waals surface area (Å²) in [6.07, 6.45) is 0.847. The van der Waals surface area contributed by atoms with Gasteiger partial charge in [-0.25, -0.2) is 14.6 Å². The summed E-state index contributed by atoms with van der Waals surface area (Å²) in [5, 5.41) is 4.72. The standard InChI is InChI=1S/C34H38FN5O2/c1-42-33-11-6-5-10-32(33)39-24-22-38(23-25-39)21-7-20-36-34(41)37-40(31-18-16-30(35)17-19-31)26-27-12-14-29(15-13-27)28-8-3-2-4-9-28/h2-6,8-19H,7,20-26H2,1H3,(H2,36,37,41). The van der Waals surface area contributed by atoms with Crippen LogP contribution < -0.4 is 25.4 Å². The molecule has 1 saturated heterocycles. The van der Waals surface area contributed by atoms with Gasteiger partial charge >= 0.3 is 6.03 Å². The molecule has 218 valence electrons. The van der Waals surface area contributed by atoms with Crippen LogP contribution in [0.4, 0.5) is 20.6 Å². The van der Waals surface area contributed by atoms with Gasteiger partial charge < -0.3 is 15.0 Å². The first-order valence-electron chi connectivity index (χ1n) is 14.4. The predicted octanol–water partition coefficient (Wildman–Crippen LogP) is 5.93. The maximum atomic E-state index is 13.6. The molecule has 1 aliphatic rings. The lowest BCUT2D eigenvalue weighted by molar-refractivity contribution is 0.235. The van der Waals surface area contributed by atoms with Gasteiger partial charge in [-0.2, -0.15) is 0 Å². The van der Waals surface area contributed by atoms with E-state index < -0.39 is 0 Å². The summed E-state index contributed by atoms with van der Waals surface area (Å²) in [6.45, 7) is 5.71. The third-order valence-electron chi connectivity index (χ3n) is 7.51. The molecule has 0 aliphatic carbocycles. The first-order chi connectivity index (χ1) is 20.6. The molecule has 0 radical (unpaired) electrons. The van der Waals surface area contributed by atoms with Crippen molar-refractivity contribution in [2.24, 2.45) is 0 Å². The number of benzene rings is 4. The number of amides is 2. The molecule has 7 nitrogen and oxygen atoms in total. The minimum atomic E-state index is -0.320. The van der Waals surface area contributed by atoms with E-state index in [0.717, 1.165) is 67.3 Å². The number of hydrazine groups is 1. The normalized spacial score (nSPS) is 13.4. The Kier molecular flexibility index (Phi) is 9.90. The molecular formula is C34H38FN5O2. The second-order valence-electron chi connectivity index (χ2n) is 10.3. The molecule has 4 aromatic carbocycles. The summed E-state index contributed by atoms with van der Waals surface area (Å²) in [5.74, 6) is 0.583. The van der Waals surface area contributed by atoms with E-state index >= 15 is 0 Å². The molecule has 0 spiro atoms. The van der Waals surface area contributed by atoms with Crippen LogP contribution in [-0.2, 0) is 6.54 Å². The smallest absolute Gasteiger partial charge is 0.333 e. The number of ether oxygens (including phenoxy) is 1. The molecule has 5 rings (SSSR count). The number of piperazine rings is 1. The zero-order chi connectivity index (χ0) is 29.1. The number of hydrogen-bond acceptors (Lipinski definition) is 5. The van der Waals surface area contributed by atoms with Crippen LogP contribution in [0.2, 0.25) is 0 Å². The molecule has 8 heteroatoms. The second kappa shape index (κ2) is 14.4. The molecule has 1 heterocycles. The largest absolute Gasteiger partial charge is 0.495 e. The SMILES string of the molecule is COc1ccccc1N1CCN(CCCNC(=O)NN(Cc2ccc(-c3ccccc3)cc2)c2ccc(F)cc2)CC1. The predicted molar refractivity (Wildman–Crippen MR) is 167 cm³/mol. The quantitative estimate of drug-likeness (QED) is 0.174. The average molecular weight is 568 g/mol. The minimum absolute atomic E-state index is 0.291. The lowest BCUT2D eigenvalue weighted by Gasteiger charge is -2.36. The molecule has 1 fully saturated rings. The molecule has 0 unspecified atom stereocenters. The Morgan fingerprint density at radius 3 is 2.21 bits per heavy atom. The number of nitrogens with zero attached hydrogens (tertiary/aromatic N) is 3. The summed E-state index contributed by atoms with van der Waals surface area (Å²) in [7, 11) is 1.71. The van der Waals surface area contributed by atoms with Gasteiger partial charge in [0.15, 0.2) is 0 Å². The fourth-order valence-electron chi connectivity index (χ4n) is 5.20. The van der Waals surface area contributed by atoms with Gasteiger partial charge in [-0.3, -0.25) is 9.91 Å². The van der Waals surface area contributed by atoms with E-state index in [2.05, 4.69) is 50.9 Å². The number of halogens is 1. The number of urea groups is 1. The Morgan fingerprint density at radius 2 is 1.50 bits per heavy atom. The summed E-state index contributed by atoms with van der Waals surface area (Å²) in [6, 6.07) is 32.4. The highest BCUT2D eigenvalue weighted by molar-refractivity contribution is 5.76. The average Bonchev–Trinajstić information content (AvgIpc) is 3.04. The van der Waals surface area contributed by atoms with Crippen molar-refractivity contribution in [1.29, 1.82) is 0 Å². The van der Waals surface area contributed by atoms with Gasteiger partial charge in [-0.15, -0.1) is 0 Å². The van der Waals surface area contributed by atoms with Crippen LogP contribution in [0.3, 0.4) is 0 Å². The first kappa shape index (κ1) is 29.0. The summed E-state index contributed by atoms with van der Waals surface area (Å²) < 4.78 is 19.1. The van der Waals surface area contributed by atoms with Crippen LogP contribution in [0.5, 0.6) is 5.75 Å². The van der Waals surface area contributed by atoms with Crippen molar-refractivity contribution >= 4 is 17.4 Å². The van der Waals surface area contributed by atoms with E-state index in [0.29, 0.717) is 18.8 Å². The van der Waals surface area contributed by atoms with Gasteiger partial charge in [0.1, 0.15) is 11.6 Å². The Balaban J connectivity index is 1.10. The van der Waals surface area contributed by atoms with E-state index in [1.807, 2.05) is 48.5 Å². The minimum Gasteiger partial charge on any atom is -0.495 e. The molecule has 4 aromatic rings. The molecule has 0 aromatic heterocycles. The maximum Gasteiger partial charge on any atom is 0.333 e. The van der Waals surface area contributed by atoms with Crippen molar-refractivity contribution in [2.75, 3.05) is 56.3 Å². The van der Waals surface area contributed by atoms with Gasteiger partial charge in [0.05, 0.1) is 25.0 Å². The van der Waals surface area contributed by atoms with Crippen LogP contribution >= 0.6 is 0 Å². The van der Waals surface area contributed by atoms with Crippen molar-refractivity contribution in [3.63, 3.8) is 0 Å². The topological polar surface area (TPSA) is 60.1 Å². The summed E-state index contributed by atoms with van der Waals surface area (Å²) in [5.41, 5.74) is 8.08. The highest BCUT2D eigenvalue weighted by atomic mass is 19.1. The maximum absolute atomic E-state index is 13.6. The van der Waals surface area contributed by atoms with Gasteiger partial charge in [0.2, 0.25) is 0 Å². The first-order valence-corrected chi connectivity index (χ1v) is 14.4. The lowest BCUT2D eigenvalue weighted by Crippen LogP contribution is -2.49.